The number of anilines is 1. The number of para-hydroxylation sites is 1. The van der Waals surface area contributed by atoms with Gasteiger partial charge in [0, 0.05) is 57.0 Å². The molecule has 4 atom stereocenters. The smallest absolute Gasteiger partial charge is 0.252 e. The van der Waals surface area contributed by atoms with E-state index in [1.165, 1.54) is 21.3 Å². The van der Waals surface area contributed by atoms with Crippen molar-refractivity contribution in [3.05, 3.63) is 113 Å². The summed E-state index contributed by atoms with van der Waals surface area (Å²) in [6.07, 6.45) is 3.14. The standard InChI is InChI=1S/C45H38N6O8/c1-20(2)35-43-50-37-39(59-43)45-26-10-6-9-24(23-8-7-11-28-34(23)25(18-46-28)33-19-47-42(37)57-33)36(26)51-44(45)58-30-13-12-21(14-27(30)45)15-29(41(53)49-35)48-40(52)22-16-31(54-3)38(56-5)32(17-22)55-4/h6-14,16-20,29,35,44,46,51H,15H2,1-5H3,(H,48,52)(H,49,53)/t29?,35-,44?,45?/m0/s1. The second kappa shape index (κ2) is 12.6. The number of hydrogen-bond donors (Lipinski definition) is 4. The zero-order chi connectivity index (χ0) is 40.3. The first-order valence-electron chi connectivity index (χ1n) is 19.4. The molecular formula is C45H38N6O8. The summed E-state index contributed by atoms with van der Waals surface area (Å²) in [5, 5.41) is 11.0. The van der Waals surface area contributed by atoms with Crippen LogP contribution in [-0.4, -0.2) is 60.4 Å². The number of benzene rings is 4. The lowest BCUT2D eigenvalue weighted by atomic mass is 9.72. The molecule has 7 aromatic rings. The molecular weight excluding hydrogens is 753 g/mol. The van der Waals surface area contributed by atoms with Crippen LogP contribution in [0, 0.1) is 5.92 Å². The fourth-order valence-corrected chi connectivity index (χ4v) is 9.31. The molecule has 0 fully saturated rings. The van der Waals surface area contributed by atoms with Gasteiger partial charge in [-0.05, 0) is 41.3 Å². The molecule has 0 radical (unpaired) electrons. The summed E-state index contributed by atoms with van der Waals surface area (Å²) in [4.78, 5) is 42.0. The topological polar surface area (TPSA) is 175 Å². The number of fused-ring (bicyclic) bond motifs is 7. The third kappa shape index (κ3) is 4.85. The second-order valence-corrected chi connectivity index (χ2v) is 15.6. The molecule has 59 heavy (non-hydrogen) atoms. The maximum Gasteiger partial charge on any atom is 0.252 e. The Morgan fingerprint density at radius 2 is 1.71 bits per heavy atom. The lowest BCUT2D eigenvalue weighted by molar-refractivity contribution is -0.124. The van der Waals surface area contributed by atoms with E-state index in [2.05, 4.69) is 45.2 Å². The first kappa shape index (κ1) is 35.0. The number of H-pyrrole nitrogens is 1. The number of methoxy groups -OCH3 is 3. The first-order chi connectivity index (χ1) is 28.7. The average Bonchev–Trinajstić information content (AvgIpc) is 4.08. The highest BCUT2D eigenvalue weighted by Crippen LogP contribution is 2.61. The van der Waals surface area contributed by atoms with Crippen molar-refractivity contribution >= 4 is 28.4 Å². The van der Waals surface area contributed by atoms with Crippen LogP contribution in [0.4, 0.5) is 5.69 Å². The van der Waals surface area contributed by atoms with Gasteiger partial charge in [-0.25, -0.2) is 9.97 Å². The Labute approximate surface area is 337 Å². The van der Waals surface area contributed by atoms with Gasteiger partial charge in [-0.2, -0.15) is 0 Å². The predicted molar refractivity (Wildman–Crippen MR) is 216 cm³/mol. The number of nitrogens with zero attached hydrogens (tertiary/aromatic N) is 2. The minimum atomic E-state index is -1.08. The van der Waals surface area contributed by atoms with Crippen molar-refractivity contribution in [3.63, 3.8) is 0 Å². The third-order valence-electron chi connectivity index (χ3n) is 12.1. The van der Waals surface area contributed by atoms with E-state index in [0.717, 1.165) is 50.0 Å². The third-order valence-corrected chi connectivity index (χ3v) is 12.1. The Balaban J connectivity index is 1.13. The highest BCUT2D eigenvalue weighted by Gasteiger charge is 2.61. The predicted octanol–water partition coefficient (Wildman–Crippen LogP) is 7.13. The lowest BCUT2D eigenvalue weighted by Gasteiger charge is -2.29. The van der Waals surface area contributed by atoms with Crippen molar-refractivity contribution in [2.24, 2.45) is 5.92 Å². The van der Waals surface area contributed by atoms with Crippen molar-refractivity contribution in [1.29, 1.82) is 0 Å². The van der Waals surface area contributed by atoms with Gasteiger partial charge in [0.1, 0.15) is 23.2 Å². The summed E-state index contributed by atoms with van der Waals surface area (Å²) in [5.41, 5.74) is 6.75. The number of nitrogens with one attached hydrogen (secondary N) is 4. The summed E-state index contributed by atoms with van der Waals surface area (Å²) >= 11 is 0. The molecule has 14 nitrogen and oxygen atoms in total. The molecule has 3 unspecified atom stereocenters. The molecule has 1 spiro atoms. The summed E-state index contributed by atoms with van der Waals surface area (Å²) in [7, 11) is 4.45. The first-order valence-corrected chi connectivity index (χ1v) is 19.4. The minimum Gasteiger partial charge on any atom is -0.493 e. The SMILES string of the molecule is COc1cc(C(=O)NC2Cc3ccc4c(c3)C35c6cccc(c6NC3O4)-c3cccc4[nH]cc(c34)-c3cnc(o3)-c3nc(oc35)[C@H](C(C)C)NC2=O)cc(OC)c1OC. The van der Waals surface area contributed by atoms with Gasteiger partial charge in [-0.1, -0.05) is 56.3 Å². The Morgan fingerprint density at radius 1 is 0.915 bits per heavy atom. The van der Waals surface area contributed by atoms with Crippen LogP contribution >= 0.6 is 0 Å². The van der Waals surface area contributed by atoms with E-state index in [1.807, 2.05) is 50.4 Å². The highest BCUT2D eigenvalue weighted by molar-refractivity contribution is 6.07. The molecule has 14 heteroatoms. The molecule has 3 aromatic heterocycles. The number of carbonyl (C=O) groups excluding carboxylic acids is 2. The van der Waals surface area contributed by atoms with E-state index in [1.54, 1.807) is 18.3 Å². The van der Waals surface area contributed by atoms with Crippen LogP contribution in [0.3, 0.4) is 0 Å². The van der Waals surface area contributed by atoms with Crippen LogP contribution in [-0.2, 0) is 16.6 Å². The maximum absolute atomic E-state index is 14.5. The molecule has 0 aliphatic carbocycles. The number of rotatable bonds is 6. The normalized spacial score (nSPS) is 20.4. The second-order valence-electron chi connectivity index (χ2n) is 15.6. The number of aromatic amines is 1. The highest BCUT2D eigenvalue weighted by atomic mass is 16.5. The van der Waals surface area contributed by atoms with E-state index in [4.69, 9.17) is 37.7 Å². The van der Waals surface area contributed by atoms with E-state index in [0.29, 0.717) is 40.2 Å². The molecule has 11 rings (SSSR count). The number of aromatic nitrogens is 3. The molecule has 296 valence electrons. The summed E-state index contributed by atoms with van der Waals surface area (Å²) < 4.78 is 37.1. The van der Waals surface area contributed by atoms with Crippen LogP contribution in [0.2, 0.25) is 0 Å². The molecule has 4 N–H and O–H groups in total. The minimum absolute atomic E-state index is 0.155. The monoisotopic (exact) mass is 790 g/mol. The van der Waals surface area contributed by atoms with Crippen molar-refractivity contribution in [3.8, 4) is 57.0 Å². The van der Waals surface area contributed by atoms with Gasteiger partial charge in [0.2, 0.25) is 23.4 Å². The largest absolute Gasteiger partial charge is 0.493 e. The van der Waals surface area contributed by atoms with Gasteiger partial charge >= 0.3 is 0 Å². The lowest BCUT2D eigenvalue weighted by Crippen LogP contribution is -2.49. The Morgan fingerprint density at radius 3 is 2.49 bits per heavy atom. The number of amides is 2. The molecule has 2 amide bonds. The van der Waals surface area contributed by atoms with Crippen LogP contribution in [0.15, 0.2) is 88.0 Å². The van der Waals surface area contributed by atoms with E-state index < -0.39 is 35.5 Å². The average molecular weight is 791 g/mol. The van der Waals surface area contributed by atoms with Crippen molar-refractivity contribution in [2.45, 2.75) is 44.0 Å². The Kier molecular flexibility index (Phi) is 7.49. The van der Waals surface area contributed by atoms with Crippen molar-refractivity contribution in [1.82, 2.24) is 25.6 Å². The Bertz CT molecular complexity index is 2880. The zero-order valence-electron chi connectivity index (χ0n) is 32.7. The van der Waals surface area contributed by atoms with Gasteiger partial charge in [0.15, 0.2) is 34.9 Å². The molecule has 4 aromatic carbocycles. The molecule has 0 saturated heterocycles. The van der Waals surface area contributed by atoms with Gasteiger partial charge < -0.3 is 48.7 Å². The maximum atomic E-state index is 14.5. The molecule has 4 aliphatic heterocycles. The van der Waals surface area contributed by atoms with Crippen LogP contribution in [0.5, 0.6) is 23.0 Å². The van der Waals surface area contributed by atoms with Gasteiger partial charge in [0.05, 0.1) is 27.5 Å². The number of oxazole rings is 2. The van der Waals surface area contributed by atoms with Crippen LogP contribution < -0.4 is 34.9 Å². The Hall–Kier alpha value is -7.22. The molecule has 10 bridgehead atoms. The van der Waals surface area contributed by atoms with Gasteiger partial charge in [-0.3, -0.25) is 9.59 Å². The van der Waals surface area contributed by atoms with Crippen LogP contribution in [0.1, 0.15) is 58.6 Å². The van der Waals surface area contributed by atoms with E-state index in [-0.39, 0.29) is 29.7 Å². The molecule has 7 heterocycles. The van der Waals surface area contributed by atoms with Gasteiger partial charge in [0.25, 0.3) is 5.91 Å². The summed E-state index contributed by atoms with van der Waals surface area (Å²) in [6.45, 7) is 3.95. The summed E-state index contributed by atoms with van der Waals surface area (Å²) in [5.74, 6) is 2.04. The number of ether oxygens (including phenoxy) is 4. The fraction of sp³-hybridized carbons (Fsp3) is 0.244. The molecule has 0 saturated carbocycles. The quantitative estimate of drug-likeness (QED) is 0.135. The summed E-state index contributed by atoms with van der Waals surface area (Å²) in [6, 6.07) is 19.7. The van der Waals surface area contributed by atoms with Crippen molar-refractivity contribution < 1.29 is 37.4 Å². The van der Waals surface area contributed by atoms with Gasteiger partial charge in [-0.15, -0.1) is 0 Å². The van der Waals surface area contributed by atoms with Crippen molar-refractivity contribution in [2.75, 3.05) is 26.6 Å². The van der Waals surface area contributed by atoms with E-state index in [9.17, 15) is 9.59 Å². The van der Waals surface area contributed by atoms with Crippen LogP contribution in [0.25, 0.3) is 44.9 Å². The molecule has 4 aliphatic rings. The number of carbonyl (C=O) groups is 2. The zero-order valence-corrected chi connectivity index (χ0v) is 32.7. The number of hydrogen-bond acceptors (Lipinski definition) is 11. The van der Waals surface area contributed by atoms with E-state index >= 15 is 0 Å². The fourth-order valence-electron chi connectivity index (χ4n) is 9.31.